The highest BCUT2D eigenvalue weighted by Gasteiger charge is 2.47. The number of pyridine rings is 1. The number of phenolic OH excluding ortho intramolecular Hbond substituents is 1. The molecule has 2 N–H and O–H groups in total. The number of hydrogen-bond acceptors (Lipinski definition) is 10. The number of rotatable bonds is 6. The second kappa shape index (κ2) is 11.8. The molecule has 0 bridgehead atoms. The Labute approximate surface area is 259 Å². The quantitative estimate of drug-likeness (QED) is 0.315. The van der Waals surface area contributed by atoms with E-state index in [9.17, 15) is 10.2 Å². The van der Waals surface area contributed by atoms with Crippen molar-refractivity contribution in [2.75, 3.05) is 58.5 Å². The van der Waals surface area contributed by atoms with Crippen LogP contribution in [0.1, 0.15) is 32.1 Å². The number of benzene rings is 2. The summed E-state index contributed by atoms with van der Waals surface area (Å²) in [6, 6.07) is 7.51. The van der Waals surface area contributed by atoms with E-state index in [0.717, 1.165) is 38.6 Å². The normalized spacial score (nSPS) is 24.2. The Bertz CT molecular complexity index is 1760. The van der Waals surface area contributed by atoms with Crippen LogP contribution in [0.3, 0.4) is 0 Å². The Kier molecular flexibility index (Phi) is 7.83. The summed E-state index contributed by atoms with van der Waals surface area (Å²) < 4.78 is 49.7. The first-order valence-corrected chi connectivity index (χ1v) is 15.5. The zero-order valence-electron chi connectivity index (χ0n) is 25.4. The third kappa shape index (κ3) is 5.28. The lowest BCUT2D eigenvalue weighted by Gasteiger charge is -2.44. The van der Waals surface area contributed by atoms with E-state index < -0.39 is 17.7 Å². The Morgan fingerprint density at radius 2 is 1.93 bits per heavy atom. The van der Waals surface area contributed by atoms with Crippen LogP contribution in [0.4, 0.5) is 14.6 Å². The zero-order valence-corrected chi connectivity index (χ0v) is 25.4. The number of aliphatic hydroxyl groups excluding tert-OH is 1. The van der Waals surface area contributed by atoms with Crippen molar-refractivity contribution in [3.8, 4) is 28.9 Å². The Balaban J connectivity index is 1.41. The van der Waals surface area contributed by atoms with Crippen LogP contribution in [0.25, 0.3) is 32.9 Å². The van der Waals surface area contributed by atoms with E-state index in [0.29, 0.717) is 37.0 Å². The van der Waals surface area contributed by atoms with E-state index in [4.69, 9.17) is 19.2 Å². The molecule has 10 nitrogen and oxygen atoms in total. The molecule has 2 aliphatic heterocycles. The van der Waals surface area contributed by atoms with Gasteiger partial charge in [-0.1, -0.05) is 18.6 Å². The van der Waals surface area contributed by atoms with Gasteiger partial charge in [0, 0.05) is 35.5 Å². The fourth-order valence-corrected chi connectivity index (χ4v) is 7.65. The van der Waals surface area contributed by atoms with Crippen molar-refractivity contribution in [2.45, 2.75) is 44.2 Å². The summed E-state index contributed by atoms with van der Waals surface area (Å²) in [6.45, 7) is 2.46. The second-order valence-corrected chi connectivity index (χ2v) is 12.5. The summed E-state index contributed by atoms with van der Waals surface area (Å²) in [6.07, 6.45) is 4.55. The van der Waals surface area contributed by atoms with Gasteiger partial charge in [-0.25, -0.2) is 13.8 Å². The molecule has 4 heterocycles. The van der Waals surface area contributed by atoms with Gasteiger partial charge in [-0.15, -0.1) is 0 Å². The lowest BCUT2D eigenvalue weighted by atomic mass is 9.76. The largest absolute Gasteiger partial charge is 0.508 e. The second-order valence-electron chi connectivity index (χ2n) is 12.5. The smallest absolute Gasteiger partial charge is 0.319 e. The molecule has 3 aliphatic rings. The summed E-state index contributed by atoms with van der Waals surface area (Å²) in [4.78, 5) is 18.1. The topological polar surface area (TPSA) is 113 Å². The number of aromatic hydroxyl groups is 1. The van der Waals surface area contributed by atoms with Crippen LogP contribution < -0.4 is 14.4 Å². The van der Waals surface area contributed by atoms with Gasteiger partial charge in [0.25, 0.3) is 0 Å². The SMILES string of the molecule is COc1nc(-c2cc(O)cc3cccc(F)c23)c(F)c2nc(OCC34CCCC3N(C)CCC4)nc(N3CCOCC(O)C3)c12. The number of fused-ring (bicyclic) bond motifs is 3. The highest BCUT2D eigenvalue weighted by atomic mass is 19.1. The average molecular weight is 622 g/mol. The fourth-order valence-electron chi connectivity index (χ4n) is 7.65. The summed E-state index contributed by atoms with van der Waals surface area (Å²) >= 11 is 0. The Morgan fingerprint density at radius 1 is 1.09 bits per heavy atom. The first-order chi connectivity index (χ1) is 21.8. The summed E-state index contributed by atoms with van der Waals surface area (Å²) in [7, 11) is 3.56. The molecule has 7 rings (SSSR count). The first kappa shape index (κ1) is 29.8. The number of β-amino-alcohol motifs (C(OH)–C–C–N with tert-alkyl or cyclic N) is 1. The molecule has 3 unspecified atom stereocenters. The van der Waals surface area contributed by atoms with E-state index in [-0.39, 0.29) is 63.8 Å². The van der Waals surface area contributed by atoms with Gasteiger partial charge in [0.1, 0.15) is 34.0 Å². The minimum absolute atomic E-state index is 0.00421. The first-order valence-electron chi connectivity index (χ1n) is 15.5. The highest BCUT2D eigenvalue weighted by Crippen LogP contribution is 2.48. The molecule has 12 heteroatoms. The minimum Gasteiger partial charge on any atom is -0.508 e. The van der Waals surface area contributed by atoms with Gasteiger partial charge in [-0.2, -0.15) is 9.97 Å². The summed E-state index contributed by atoms with van der Waals surface area (Å²) in [5.41, 5.74) is -0.343. The molecule has 2 saturated heterocycles. The number of aromatic nitrogens is 3. The lowest BCUT2D eigenvalue weighted by molar-refractivity contribution is 0.0133. The zero-order chi connectivity index (χ0) is 31.3. The Morgan fingerprint density at radius 3 is 2.78 bits per heavy atom. The van der Waals surface area contributed by atoms with Crippen molar-refractivity contribution < 1.29 is 33.2 Å². The van der Waals surface area contributed by atoms with Crippen LogP contribution in [-0.2, 0) is 4.74 Å². The number of ether oxygens (including phenoxy) is 3. The molecule has 0 radical (unpaired) electrons. The van der Waals surface area contributed by atoms with Gasteiger partial charge in [-0.3, -0.25) is 0 Å². The van der Waals surface area contributed by atoms with Crippen molar-refractivity contribution >= 4 is 27.5 Å². The maximum atomic E-state index is 16.8. The van der Waals surface area contributed by atoms with Crippen LogP contribution in [0, 0.1) is 17.0 Å². The van der Waals surface area contributed by atoms with Crippen LogP contribution in [0.2, 0.25) is 0 Å². The fraction of sp³-hybridized carbons (Fsp3) is 0.485. The molecule has 1 saturated carbocycles. The number of hydrogen-bond donors (Lipinski definition) is 2. The summed E-state index contributed by atoms with van der Waals surface area (Å²) in [5, 5.41) is 21.7. The van der Waals surface area contributed by atoms with Crippen LogP contribution >= 0.6 is 0 Å². The number of halogens is 2. The molecule has 238 valence electrons. The number of methoxy groups -OCH3 is 1. The molecule has 3 atom stereocenters. The molecule has 2 aromatic heterocycles. The van der Waals surface area contributed by atoms with E-state index in [1.165, 1.54) is 31.4 Å². The molecule has 4 aromatic rings. The molecule has 0 amide bonds. The molecular weight excluding hydrogens is 584 g/mol. The van der Waals surface area contributed by atoms with Crippen LogP contribution in [0.15, 0.2) is 30.3 Å². The molecular formula is C33H37F2N5O5. The van der Waals surface area contributed by atoms with Crippen molar-refractivity contribution in [3.05, 3.63) is 42.0 Å². The number of likely N-dealkylation sites (tertiary alicyclic amines) is 1. The van der Waals surface area contributed by atoms with Gasteiger partial charge < -0.3 is 34.2 Å². The van der Waals surface area contributed by atoms with E-state index in [1.807, 2.05) is 0 Å². The molecule has 45 heavy (non-hydrogen) atoms. The molecule has 2 aromatic carbocycles. The standard InChI is InChI=1S/C33H37F2N5O5/c1-39-11-5-10-33(9-4-8-24(33)39)18-45-32-37-29-26(30(38-32)40-12-13-44-17-21(42)16-40)31(43-2)36-28(27(29)35)22-15-20(41)14-19-6-3-7-23(34)25(19)22/h3,6-7,14-15,21,24,41-42H,4-5,8-13,16-18H2,1-2H3. The van der Waals surface area contributed by atoms with Gasteiger partial charge in [-0.05, 0) is 62.9 Å². The molecule has 0 spiro atoms. The van der Waals surface area contributed by atoms with Gasteiger partial charge >= 0.3 is 6.01 Å². The maximum absolute atomic E-state index is 16.8. The summed E-state index contributed by atoms with van der Waals surface area (Å²) in [5.74, 6) is -1.29. The van der Waals surface area contributed by atoms with E-state index in [1.54, 1.807) is 11.0 Å². The van der Waals surface area contributed by atoms with Crippen molar-refractivity contribution in [2.24, 2.45) is 5.41 Å². The number of aliphatic hydroxyl groups is 1. The lowest BCUT2D eigenvalue weighted by Crippen LogP contribution is -2.50. The van der Waals surface area contributed by atoms with Crippen molar-refractivity contribution in [3.63, 3.8) is 0 Å². The number of nitrogens with zero attached hydrogens (tertiary/aromatic N) is 5. The highest BCUT2D eigenvalue weighted by molar-refractivity contribution is 6.02. The van der Waals surface area contributed by atoms with Crippen LogP contribution in [0.5, 0.6) is 17.6 Å². The number of phenols is 1. The predicted molar refractivity (Wildman–Crippen MR) is 165 cm³/mol. The predicted octanol–water partition coefficient (Wildman–Crippen LogP) is 4.68. The van der Waals surface area contributed by atoms with Gasteiger partial charge in [0.2, 0.25) is 5.88 Å². The third-order valence-electron chi connectivity index (χ3n) is 9.68. The van der Waals surface area contributed by atoms with Crippen molar-refractivity contribution in [1.82, 2.24) is 19.9 Å². The number of anilines is 1. The monoisotopic (exact) mass is 621 g/mol. The average Bonchev–Trinajstić information content (AvgIpc) is 3.35. The minimum atomic E-state index is -0.838. The maximum Gasteiger partial charge on any atom is 0.319 e. The number of piperidine rings is 1. The molecule has 3 fully saturated rings. The van der Waals surface area contributed by atoms with E-state index in [2.05, 4.69) is 21.9 Å². The van der Waals surface area contributed by atoms with Gasteiger partial charge in [0.05, 0.1) is 33.0 Å². The van der Waals surface area contributed by atoms with Crippen molar-refractivity contribution in [1.29, 1.82) is 0 Å². The Hall–Kier alpha value is -3.87. The third-order valence-corrected chi connectivity index (χ3v) is 9.68. The molecule has 1 aliphatic carbocycles. The van der Waals surface area contributed by atoms with Crippen LogP contribution in [-0.4, -0.2) is 95.8 Å². The van der Waals surface area contributed by atoms with E-state index >= 15 is 8.78 Å². The van der Waals surface area contributed by atoms with Gasteiger partial charge in [0.15, 0.2) is 5.82 Å².